The van der Waals surface area contributed by atoms with Crippen LogP contribution in [-0.4, -0.2) is 21.6 Å². The van der Waals surface area contributed by atoms with Gasteiger partial charge in [-0.2, -0.15) is 0 Å². The lowest BCUT2D eigenvalue weighted by molar-refractivity contribution is -0.136. The summed E-state index contributed by atoms with van der Waals surface area (Å²) in [7, 11) is 0. The minimum absolute atomic E-state index is 0.583. The minimum atomic E-state index is -1.12. The van der Waals surface area contributed by atoms with Crippen LogP contribution in [0.25, 0.3) is 0 Å². The Bertz CT molecular complexity index is 265. The van der Waals surface area contributed by atoms with E-state index in [4.69, 9.17) is 16.7 Å². The molecule has 1 unspecified atom stereocenters. The van der Waals surface area contributed by atoms with Crippen LogP contribution < -0.4 is 5.32 Å². The standard InChI is InChI=1S/C7H7ClN2O2/c8-6(7(11)12)10-5-2-1-3-9-4-5/h1-4,6,10H,(H,11,12). The van der Waals surface area contributed by atoms with E-state index >= 15 is 0 Å². The lowest BCUT2D eigenvalue weighted by atomic mass is 10.4. The number of hydrogen-bond donors (Lipinski definition) is 2. The number of nitrogens with zero attached hydrogens (tertiary/aromatic N) is 1. The first-order valence-electron chi connectivity index (χ1n) is 3.23. The monoisotopic (exact) mass is 186 g/mol. The Hall–Kier alpha value is -1.29. The molecule has 0 saturated heterocycles. The number of pyridine rings is 1. The Morgan fingerprint density at radius 3 is 3.00 bits per heavy atom. The molecule has 0 fully saturated rings. The molecule has 0 aliphatic heterocycles. The third-order valence-electron chi connectivity index (χ3n) is 1.17. The second kappa shape index (κ2) is 3.92. The van der Waals surface area contributed by atoms with E-state index in [-0.39, 0.29) is 0 Å². The Balaban J connectivity index is 2.58. The summed E-state index contributed by atoms with van der Waals surface area (Å²) in [5.74, 6) is -1.11. The van der Waals surface area contributed by atoms with Gasteiger partial charge in [-0.25, -0.2) is 4.79 Å². The van der Waals surface area contributed by atoms with Crippen LogP contribution in [0.1, 0.15) is 0 Å². The molecule has 0 aliphatic carbocycles. The van der Waals surface area contributed by atoms with Crippen LogP contribution >= 0.6 is 11.6 Å². The lowest BCUT2D eigenvalue weighted by Crippen LogP contribution is -2.22. The molecular formula is C7H7ClN2O2. The van der Waals surface area contributed by atoms with E-state index in [2.05, 4.69) is 10.3 Å². The number of carboxylic acids is 1. The summed E-state index contributed by atoms with van der Waals surface area (Å²) in [6.07, 6.45) is 3.09. The van der Waals surface area contributed by atoms with Crippen molar-refractivity contribution in [1.29, 1.82) is 0 Å². The summed E-state index contributed by atoms with van der Waals surface area (Å²) in [6.45, 7) is 0. The predicted octanol–water partition coefficient (Wildman–Crippen LogP) is 1.14. The van der Waals surface area contributed by atoms with E-state index in [1.807, 2.05) is 0 Å². The molecule has 64 valence electrons. The van der Waals surface area contributed by atoms with Gasteiger partial charge < -0.3 is 10.4 Å². The van der Waals surface area contributed by atoms with Crippen molar-refractivity contribution in [1.82, 2.24) is 4.98 Å². The van der Waals surface area contributed by atoms with Crippen molar-refractivity contribution in [2.75, 3.05) is 5.32 Å². The van der Waals surface area contributed by atoms with Crippen LogP contribution in [0.2, 0.25) is 0 Å². The Morgan fingerprint density at radius 1 is 1.75 bits per heavy atom. The summed E-state index contributed by atoms with van der Waals surface area (Å²) in [5, 5.41) is 11.0. The molecule has 0 spiro atoms. The van der Waals surface area contributed by atoms with E-state index in [1.165, 1.54) is 6.20 Å². The molecule has 0 aliphatic rings. The third-order valence-corrected chi connectivity index (χ3v) is 1.47. The molecule has 1 aromatic rings. The zero-order chi connectivity index (χ0) is 8.97. The van der Waals surface area contributed by atoms with E-state index in [0.29, 0.717) is 5.69 Å². The van der Waals surface area contributed by atoms with E-state index in [0.717, 1.165) is 0 Å². The van der Waals surface area contributed by atoms with Crippen molar-refractivity contribution in [2.45, 2.75) is 5.50 Å². The Labute approximate surface area is 74.2 Å². The third kappa shape index (κ3) is 2.39. The Kier molecular flexibility index (Phi) is 2.88. The first-order valence-corrected chi connectivity index (χ1v) is 3.67. The van der Waals surface area contributed by atoms with Crippen LogP contribution in [0.3, 0.4) is 0 Å². The van der Waals surface area contributed by atoms with Gasteiger partial charge in [0.15, 0.2) is 5.50 Å². The maximum Gasteiger partial charge on any atom is 0.341 e. The average Bonchev–Trinajstić information content (AvgIpc) is 2.06. The second-order valence-electron chi connectivity index (χ2n) is 2.09. The Morgan fingerprint density at radius 2 is 2.50 bits per heavy atom. The molecule has 2 N–H and O–H groups in total. The van der Waals surface area contributed by atoms with Gasteiger partial charge in [-0.05, 0) is 12.1 Å². The number of nitrogens with one attached hydrogen (secondary N) is 1. The maximum atomic E-state index is 10.3. The highest BCUT2D eigenvalue weighted by atomic mass is 35.5. The SMILES string of the molecule is O=C(O)C(Cl)Nc1cccnc1. The summed E-state index contributed by atoms with van der Waals surface area (Å²) in [4.78, 5) is 14.1. The average molecular weight is 187 g/mol. The molecule has 1 atom stereocenters. The van der Waals surface area contributed by atoms with E-state index < -0.39 is 11.5 Å². The van der Waals surface area contributed by atoms with Gasteiger partial charge in [-0.3, -0.25) is 4.98 Å². The fourth-order valence-electron chi connectivity index (χ4n) is 0.656. The van der Waals surface area contributed by atoms with Crippen LogP contribution in [0, 0.1) is 0 Å². The first kappa shape index (κ1) is 8.80. The number of carboxylic acid groups (broad SMARTS) is 1. The summed E-state index contributed by atoms with van der Waals surface area (Å²) < 4.78 is 0. The molecule has 0 amide bonds. The number of anilines is 1. The topological polar surface area (TPSA) is 62.2 Å². The number of rotatable bonds is 3. The molecule has 0 aromatic carbocycles. The highest BCUT2D eigenvalue weighted by Crippen LogP contribution is 2.06. The van der Waals surface area contributed by atoms with Crippen LogP contribution in [0.15, 0.2) is 24.5 Å². The van der Waals surface area contributed by atoms with E-state index in [9.17, 15) is 4.79 Å². The van der Waals surface area contributed by atoms with Crippen molar-refractivity contribution in [3.63, 3.8) is 0 Å². The summed E-state index contributed by atoms with van der Waals surface area (Å²) in [5.41, 5.74) is -0.533. The van der Waals surface area contributed by atoms with Crippen molar-refractivity contribution >= 4 is 23.3 Å². The largest absolute Gasteiger partial charge is 0.479 e. The van der Waals surface area contributed by atoms with Crippen LogP contribution in [-0.2, 0) is 4.79 Å². The zero-order valence-electron chi connectivity index (χ0n) is 6.07. The fourth-order valence-corrected chi connectivity index (χ4v) is 0.782. The molecule has 0 bridgehead atoms. The van der Waals surface area contributed by atoms with Crippen molar-refractivity contribution < 1.29 is 9.90 Å². The normalized spacial score (nSPS) is 12.1. The van der Waals surface area contributed by atoms with Gasteiger partial charge in [0, 0.05) is 12.4 Å². The fraction of sp³-hybridized carbons (Fsp3) is 0.143. The van der Waals surface area contributed by atoms with Gasteiger partial charge in [-0.1, -0.05) is 11.6 Å². The zero-order valence-corrected chi connectivity index (χ0v) is 6.82. The van der Waals surface area contributed by atoms with Gasteiger partial charge >= 0.3 is 5.97 Å². The first-order chi connectivity index (χ1) is 5.70. The number of halogens is 1. The predicted molar refractivity (Wildman–Crippen MR) is 45.1 cm³/mol. The number of alkyl halides is 1. The summed E-state index contributed by atoms with van der Waals surface area (Å²) >= 11 is 5.41. The molecule has 1 heterocycles. The van der Waals surface area contributed by atoms with Crippen LogP contribution in [0.4, 0.5) is 5.69 Å². The number of aliphatic carboxylic acids is 1. The van der Waals surface area contributed by atoms with Gasteiger partial charge in [0.1, 0.15) is 0 Å². The summed E-state index contributed by atoms with van der Waals surface area (Å²) in [6, 6.07) is 3.37. The molecule has 1 aromatic heterocycles. The van der Waals surface area contributed by atoms with Gasteiger partial charge in [-0.15, -0.1) is 0 Å². The molecule has 5 heteroatoms. The van der Waals surface area contributed by atoms with Crippen molar-refractivity contribution in [3.05, 3.63) is 24.5 Å². The highest BCUT2D eigenvalue weighted by Gasteiger charge is 2.11. The number of hydrogen-bond acceptors (Lipinski definition) is 3. The smallest absolute Gasteiger partial charge is 0.341 e. The minimum Gasteiger partial charge on any atom is -0.479 e. The molecular weight excluding hydrogens is 180 g/mol. The van der Waals surface area contributed by atoms with Crippen molar-refractivity contribution in [2.24, 2.45) is 0 Å². The molecule has 0 saturated carbocycles. The quantitative estimate of drug-likeness (QED) is 0.549. The number of aromatic nitrogens is 1. The lowest BCUT2D eigenvalue weighted by Gasteiger charge is -2.06. The number of carbonyl (C=O) groups is 1. The highest BCUT2D eigenvalue weighted by molar-refractivity contribution is 6.30. The van der Waals surface area contributed by atoms with Crippen LogP contribution in [0.5, 0.6) is 0 Å². The molecule has 1 rings (SSSR count). The van der Waals surface area contributed by atoms with E-state index in [1.54, 1.807) is 18.3 Å². The second-order valence-corrected chi connectivity index (χ2v) is 2.52. The van der Waals surface area contributed by atoms with Crippen molar-refractivity contribution in [3.8, 4) is 0 Å². The van der Waals surface area contributed by atoms with Gasteiger partial charge in [0.05, 0.1) is 5.69 Å². The van der Waals surface area contributed by atoms with Gasteiger partial charge in [0.25, 0.3) is 0 Å². The molecule has 12 heavy (non-hydrogen) atoms. The molecule has 0 radical (unpaired) electrons. The van der Waals surface area contributed by atoms with Gasteiger partial charge in [0.2, 0.25) is 0 Å². The molecule has 4 nitrogen and oxygen atoms in total. The maximum absolute atomic E-state index is 10.3.